The molecule has 0 amide bonds. The van der Waals surface area contributed by atoms with Gasteiger partial charge in [-0.3, -0.25) is 0 Å². The Balaban J connectivity index is 3.33. The minimum absolute atomic E-state index is 0.297. The Morgan fingerprint density at radius 3 is 2.83 bits per heavy atom. The first kappa shape index (κ1) is 8.73. The average molecular weight is 191 g/mol. The summed E-state index contributed by atoms with van der Waals surface area (Å²) in [5.74, 6) is -2.53. The number of aromatic nitrogens is 1. The van der Waals surface area contributed by atoms with Crippen molar-refractivity contribution in [3.63, 3.8) is 0 Å². The van der Waals surface area contributed by atoms with Crippen LogP contribution in [0.3, 0.4) is 0 Å². The Labute approximate surface area is 71.8 Å². The van der Waals surface area contributed by atoms with Crippen molar-refractivity contribution in [1.82, 2.24) is 4.98 Å². The fourth-order valence-electron chi connectivity index (χ4n) is 0.651. The standard InChI is InChI=1S/C6H4ClFN2O2/c7-4-3(8)1-2(6(11)12)5(9)10-4/h1H,(H2,9,10)(H,11,12). The Hall–Kier alpha value is -1.36. The molecule has 6 heteroatoms. The fourth-order valence-corrected chi connectivity index (χ4v) is 0.797. The van der Waals surface area contributed by atoms with Crippen molar-refractivity contribution < 1.29 is 14.3 Å². The number of nitrogens with two attached hydrogens (primary N) is 1. The highest BCUT2D eigenvalue weighted by atomic mass is 35.5. The molecular weight excluding hydrogens is 187 g/mol. The predicted octanol–water partition coefficient (Wildman–Crippen LogP) is 1.15. The third-order valence-electron chi connectivity index (χ3n) is 1.19. The lowest BCUT2D eigenvalue weighted by Crippen LogP contribution is -2.05. The van der Waals surface area contributed by atoms with E-state index in [-0.39, 0.29) is 5.82 Å². The van der Waals surface area contributed by atoms with E-state index in [9.17, 15) is 9.18 Å². The number of carboxylic acid groups (broad SMARTS) is 1. The molecule has 1 aromatic heterocycles. The molecule has 1 aromatic rings. The van der Waals surface area contributed by atoms with Crippen molar-refractivity contribution in [2.45, 2.75) is 0 Å². The van der Waals surface area contributed by atoms with Gasteiger partial charge in [0.15, 0.2) is 11.0 Å². The van der Waals surface area contributed by atoms with Crippen molar-refractivity contribution in [2.24, 2.45) is 0 Å². The number of carboxylic acids is 1. The zero-order valence-corrected chi connectivity index (χ0v) is 6.47. The first-order valence-corrected chi connectivity index (χ1v) is 3.25. The van der Waals surface area contributed by atoms with Gasteiger partial charge >= 0.3 is 5.97 Å². The first-order valence-electron chi connectivity index (χ1n) is 2.87. The maximum absolute atomic E-state index is 12.6. The van der Waals surface area contributed by atoms with Crippen LogP contribution in [0.25, 0.3) is 0 Å². The third-order valence-corrected chi connectivity index (χ3v) is 1.46. The van der Waals surface area contributed by atoms with Crippen molar-refractivity contribution >= 4 is 23.4 Å². The molecule has 0 atom stereocenters. The number of pyridine rings is 1. The summed E-state index contributed by atoms with van der Waals surface area (Å²) in [5, 5.41) is 8.02. The minimum Gasteiger partial charge on any atom is -0.478 e. The SMILES string of the molecule is Nc1nc(Cl)c(F)cc1C(=O)O. The molecule has 0 bridgehead atoms. The van der Waals surface area contributed by atoms with Gasteiger partial charge in [0.2, 0.25) is 0 Å². The number of rotatable bonds is 1. The highest BCUT2D eigenvalue weighted by molar-refractivity contribution is 6.29. The van der Waals surface area contributed by atoms with Gasteiger partial charge in [-0.25, -0.2) is 14.2 Å². The van der Waals surface area contributed by atoms with E-state index < -0.39 is 22.5 Å². The highest BCUT2D eigenvalue weighted by Gasteiger charge is 2.13. The fraction of sp³-hybridized carbons (Fsp3) is 0. The van der Waals surface area contributed by atoms with Gasteiger partial charge < -0.3 is 10.8 Å². The van der Waals surface area contributed by atoms with Crippen LogP contribution in [0.5, 0.6) is 0 Å². The molecule has 0 saturated carbocycles. The zero-order chi connectivity index (χ0) is 9.30. The number of hydrogen-bond donors (Lipinski definition) is 2. The summed E-state index contributed by atoms with van der Waals surface area (Å²) >= 11 is 5.23. The van der Waals surface area contributed by atoms with E-state index in [0.717, 1.165) is 6.07 Å². The van der Waals surface area contributed by atoms with Gasteiger partial charge in [0.1, 0.15) is 11.4 Å². The monoisotopic (exact) mass is 190 g/mol. The molecule has 0 aliphatic carbocycles. The summed E-state index contributed by atoms with van der Waals surface area (Å²) in [4.78, 5) is 13.6. The lowest BCUT2D eigenvalue weighted by molar-refractivity contribution is 0.0697. The molecule has 1 heterocycles. The topological polar surface area (TPSA) is 76.2 Å². The van der Waals surface area contributed by atoms with E-state index in [4.69, 9.17) is 22.4 Å². The van der Waals surface area contributed by atoms with Crippen LogP contribution in [-0.4, -0.2) is 16.1 Å². The van der Waals surface area contributed by atoms with Gasteiger partial charge in [-0.15, -0.1) is 0 Å². The average Bonchev–Trinajstić information content (AvgIpc) is 1.96. The van der Waals surface area contributed by atoms with Crippen LogP contribution >= 0.6 is 11.6 Å². The maximum atomic E-state index is 12.6. The summed E-state index contributed by atoms with van der Waals surface area (Å²) in [7, 11) is 0. The van der Waals surface area contributed by atoms with Crippen LogP contribution in [-0.2, 0) is 0 Å². The zero-order valence-electron chi connectivity index (χ0n) is 5.71. The van der Waals surface area contributed by atoms with E-state index >= 15 is 0 Å². The maximum Gasteiger partial charge on any atom is 0.339 e. The lowest BCUT2D eigenvalue weighted by atomic mass is 10.2. The Morgan fingerprint density at radius 1 is 1.75 bits per heavy atom. The molecule has 3 N–H and O–H groups in total. The largest absolute Gasteiger partial charge is 0.478 e. The van der Waals surface area contributed by atoms with Crippen molar-refractivity contribution in [3.05, 3.63) is 22.6 Å². The highest BCUT2D eigenvalue weighted by Crippen LogP contribution is 2.17. The number of nitrogen functional groups attached to an aromatic ring is 1. The van der Waals surface area contributed by atoms with Gasteiger partial charge in [-0.05, 0) is 6.07 Å². The summed E-state index contributed by atoms with van der Waals surface area (Å²) < 4.78 is 12.6. The number of carbonyl (C=O) groups is 1. The summed E-state index contributed by atoms with van der Waals surface area (Å²) in [6.07, 6.45) is 0. The Morgan fingerprint density at radius 2 is 2.33 bits per heavy atom. The van der Waals surface area contributed by atoms with Crippen molar-refractivity contribution in [2.75, 3.05) is 5.73 Å². The normalized spacial score (nSPS) is 9.83. The second kappa shape index (κ2) is 2.94. The van der Waals surface area contributed by atoms with Gasteiger partial charge in [-0.1, -0.05) is 11.6 Å². The van der Waals surface area contributed by atoms with E-state index in [2.05, 4.69) is 4.98 Å². The second-order valence-electron chi connectivity index (χ2n) is 2.00. The molecule has 4 nitrogen and oxygen atoms in total. The molecule has 0 aliphatic heterocycles. The smallest absolute Gasteiger partial charge is 0.339 e. The van der Waals surface area contributed by atoms with E-state index in [0.29, 0.717) is 0 Å². The molecule has 0 spiro atoms. The van der Waals surface area contributed by atoms with E-state index in [1.807, 2.05) is 0 Å². The van der Waals surface area contributed by atoms with Gasteiger partial charge in [0, 0.05) is 0 Å². The van der Waals surface area contributed by atoms with Crippen LogP contribution in [0.15, 0.2) is 6.07 Å². The Bertz CT molecular complexity index is 343. The lowest BCUT2D eigenvalue weighted by Gasteiger charge is -2.00. The molecule has 1 rings (SSSR count). The molecule has 0 aliphatic rings. The summed E-state index contributed by atoms with van der Waals surface area (Å²) in [6, 6.07) is 0.729. The Kier molecular flexibility index (Phi) is 2.14. The number of hydrogen-bond acceptors (Lipinski definition) is 3. The van der Waals surface area contributed by atoms with Gasteiger partial charge in [0.25, 0.3) is 0 Å². The quantitative estimate of drug-likeness (QED) is 0.652. The number of halogens is 2. The van der Waals surface area contributed by atoms with Crippen LogP contribution in [0, 0.1) is 5.82 Å². The molecule has 0 fully saturated rings. The van der Waals surface area contributed by atoms with Gasteiger partial charge in [0.05, 0.1) is 0 Å². The van der Waals surface area contributed by atoms with Crippen molar-refractivity contribution in [1.29, 1.82) is 0 Å². The number of anilines is 1. The van der Waals surface area contributed by atoms with Gasteiger partial charge in [-0.2, -0.15) is 0 Å². The van der Waals surface area contributed by atoms with Crippen molar-refractivity contribution in [3.8, 4) is 0 Å². The molecular formula is C6H4ClFN2O2. The molecule has 0 saturated heterocycles. The third kappa shape index (κ3) is 1.45. The molecule has 64 valence electrons. The van der Waals surface area contributed by atoms with E-state index in [1.54, 1.807) is 0 Å². The molecule has 0 unspecified atom stereocenters. The molecule has 0 radical (unpaired) electrons. The number of aromatic carboxylic acids is 1. The summed E-state index contributed by atoms with van der Waals surface area (Å²) in [6.45, 7) is 0. The van der Waals surface area contributed by atoms with E-state index in [1.165, 1.54) is 0 Å². The number of nitrogens with zero attached hydrogens (tertiary/aromatic N) is 1. The first-order chi connectivity index (χ1) is 5.52. The summed E-state index contributed by atoms with van der Waals surface area (Å²) in [5.41, 5.74) is 4.76. The minimum atomic E-state index is -1.34. The van der Waals surface area contributed by atoms with Crippen LogP contribution in [0.2, 0.25) is 5.15 Å². The van der Waals surface area contributed by atoms with Crippen LogP contribution < -0.4 is 5.73 Å². The molecule has 0 aromatic carbocycles. The van der Waals surface area contributed by atoms with Crippen LogP contribution in [0.4, 0.5) is 10.2 Å². The predicted molar refractivity (Wildman–Crippen MR) is 40.6 cm³/mol. The van der Waals surface area contributed by atoms with Crippen LogP contribution in [0.1, 0.15) is 10.4 Å². The second-order valence-corrected chi connectivity index (χ2v) is 2.36. The molecule has 12 heavy (non-hydrogen) atoms.